The van der Waals surface area contributed by atoms with E-state index in [0.717, 1.165) is 13.1 Å². The third kappa shape index (κ3) is 3.87. The number of nitrogen functional groups attached to an aromatic ring is 1. The normalized spacial score (nSPS) is 19.6. The molecule has 0 spiro atoms. The van der Waals surface area contributed by atoms with Crippen LogP contribution in [0.2, 0.25) is 0 Å². The molecule has 0 saturated carbocycles. The van der Waals surface area contributed by atoms with Crippen molar-refractivity contribution < 1.29 is 9.53 Å². The van der Waals surface area contributed by atoms with Gasteiger partial charge in [-0.15, -0.1) is 0 Å². The van der Waals surface area contributed by atoms with Gasteiger partial charge in [0, 0.05) is 12.6 Å². The summed E-state index contributed by atoms with van der Waals surface area (Å²) in [6, 6.07) is 5.26. The van der Waals surface area contributed by atoms with Gasteiger partial charge in [0.25, 0.3) is 0 Å². The summed E-state index contributed by atoms with van der Waals surface area (Å²) in [5.74, 6) is 1.34. The van der Waals surface area contributed by atoms with Crippen LogP contribution in [0.15, 0.2) is 18.2 Å². The molecule has 1 aromatic carbocycles. The number of carbonyl (C=O) groups excluding carboxylic acids is 1. The van der Waals surface area contributed by atoms with Gasteiger partial charge in [0.15, 0.2) is 0 Å². The molecular weight excluding hydrogens is 254 g/mol. The highest BCUT2D eigenvalue weighted by molar-refractivity contribution is 5.95. The van der Waals surface area contributed by atoms with Crippen molar-refractivity contribution in [2.45, 2.75) is 19.8 Å². The Hall–Kier alpha value is -1.75. The first-order valence-electron chi connectivity index (χ1n) is 7.04. The number of methoxy groups -OCH3 is 1. The molecule has 20 heavy (non-hydrogen) atoms. The predicted molar refractivity (Wildman–Crippen MR) is 80.9 cm³/mol. The first-order valence-corrected chi connectivity index (χ1v) is 7.04. The third-order valence-corrected chi connectivity index (χ3v) is 3.64. The zero-order chi connectivity index (χ0) is 14.5. The van der Waals surface area contributed by atoms with E-state index < -0.39 is 0 Å². The monoisotopic (exact) mass is 277 g/mol. The van der Waals surface area contributed by atoms with Crippen LogP contribution in [-0.2, 0) is 4.79 Å². The van der Waals surface area contributed by atoms with E-state index in [4.69, 9.17) is 10.5 Å². The summed E-state index contributed by atoms with van der Waals surface area (Å²) >= 11 is 0. The second-order valence-electron chi connectivity index (χ2n) is 5.48. The topological polar surface area (TPSA) is 67.6 Å². The number of hydrogen-bond donors (Lipinski definition) is 2. The minimum atomic E-state index is -0.0176. The van der Waals surface area contributed by atoms with E-state index in [1.54, 1.807) is 25.3 Å². The lowest BCUT2D eigenvalue weighted by atomic mass is 10.0. The van der Waals surface area contributed by atoms with Crippen LogP contribution >= 0.6 is 0 Å². The maximum absolute atomic E-state index is 12.1. The quantitative estimate of drug-likeness (QED) is 0.825. The van der Waals surface area contributed by atoms with Crippen LogP contribution in [0, 0.1) is 5.92 Å². The lowest BCUT2D eigenvalue weighted by Crippen LogP contribution is -2.39. The van der Waals surface area contributed by atoms with E-state index in [9.17, 15) is 4.79 Å². The fraction of sp³-hybridized carbons (Fsp3) is 0.533. The van der Waals surface area contributed by atoms with Gasteiger partial charge in [-0.25, -0.2) is 0 Å². The smallest absolute Gasteiger partial charge is 0.238 e. The number of amides is 1. The van der Waals surface area contributed by atoms with Crippen LogP contribution in [0.5, 0.6) is 5.75 Å². The molecule has 1 fully saturated rings. The molecule has 5 heteroatoms. The SMILES string of the molecule is COc1ccc(NC(=O)CN2CCCC(C)C2)c(N)c1. The molecule has 0 bridgehead atoms. The molecule has 1 atom stereocenters. The summed E-state index contributed by atoms with van der Waals surface area (Å²) in [5, 5.41) is 2.86. The Kier molecular flexibility index (Phi) is 4.84. The molecule has 0 radical (unpaired) electrons. The van der Waals surface area contributed by atoms with Crippen LogP contribution in [0.1, 0.15) is 19.8 Å². The van der Waals surface area contributed by atoms with Gasteiger partial charge in [-0.3, -0.25) is 9.69 Å². The average molecular weight is 277 g/mol. The van der Waals surface area contributed by atoms with Crippen molar-refractivity contribution >= 4 is 17.3 Å². The molecule has 3 N–H and O–H groups in total. The van der Waals surface area contributed by atoms with Crippen molar-refractivity contribution in [2.75, 3.05) is 37.8 Å². The molecule has 1 unspecified atom stereocenters. The number of rotatable bonds is 4. The number of piperidine rings is 1. The number of anilines is 2. The van der Waals surface area contributed by atoms with Crippen LogP contribution in [0.3, 0.4) is 0 Å². The molecule has 1 aliphatic rings. The Morgan fingerprint density at radius 3 is 3.00 bits per heavy atom. The Morgan fingerprint density at radius 2 is 2.35 bits per heavy atom. The number of hydrogen-bond acceptors (Lipinski definition) is 4. The molecule has 0 aliphatic carbocycles. The minimum absolute atomic E-state index is 0.0176. The van der Waals surface area contributed by atoms with Gasteiger partial charge >= 0.3 is 0 Å². The van der Waals surface area contributed by atoms with E-state index in [0.29, 0.717) is 29.6 Å². The maximum atomic E-state index is 12.1. The summed E-state index contributed by atoms with van der Waals surface area (Å²) in [5.41, 5.74) is 7.05. The van der Waals surface area contributed by atoms with E-state index in [2.05, 4.69) is 17.1 Å². The third-order valence-electron chi connectivity index (χ3n) is 3.64. The van der Waals surface area contributed by atoms with E-state index >= 15 is 0 Å². The van der Waals surface area contributed by atoms with E-state index in [-0.39, 0.29) is 5.91 Å². The fourth-order valence-corrected chi connectivity index (χ4v) is 2.60. The number of likely N-dealkylation sites (tertiary alicyclic amines) is 1. The first-order chi connectivity index (χ1) is 9.58. The number of nitrogens with one attached hydrogen (secondary N) is 1. The number of nitrogens with zero attached hydrogens (tertiary/aromatic N) is 1. The molecule has 1 saturated heterocycles. The summed E-state index contributed by atoms with van der Waals surface area (Å²) < 4.78 is 5.09. The molecule has 0 aromatic heterocycles. The molecule has 1 amide bonds. The Balaban J connectivity index is 1.91. The number of benzene rings is 1. The molecule has 110 valence electrons. The van der Waals surface area contributed by atoms with Crippen LogP contribution in [-0.4, -0.2) is 37.6 Å². The maximum Gasteiger partial charge on any atom is 0.238 e. The van der Waals surface area contributed by atoms with Gasteiger partial charge in [0.05, 0.1) is 25.0 Å². The van der Waals surface area contributed by atoms with Crippen LogP contribution < -0.4 is 15.8 Å². The molecule has 1 heterocycles. The Labute approximate surface area is 120 Å². The zero-order valence-corrected chi connectivity index (χ0v) is 12.2. The molecular formula is C15H23N3O2. The Bertz CT molecular complexity index is 476. The van der Waals surface area contributed by atoms with E-state index in [1.165, 1.54) is 12.8 Å². The van der Waals surface area contributed by atoms with Crippen molar-refractivity contribution in [2.24, 2.45) is 5.92 Å². The second kappa shape index (κ2) is 6.61. The van der Waals surface area contributed by atoms with Crippen LogP contribution in [0.4, 0.5) is 11.4 Å². The fourth-order valence-electron chi connectivity index (χ4n) is 2.60. The highest BCUT2D eigenvalue weighted by Gasteiger charge is 2.18. The number of carbonyl (C=O) groups is 1. The zero-order valence-electron chi connectivity index (χ0n) is 12.2. The minimum Gasteiger partial charge on any atom is -0.497 e. The summed E-state index contributed by atoms with van der Waals surface area (Å²) in [4.78, 5) is 14.3. The largest absolute Gasteiger partial charge is 0.497 e. The van der Waals surface area contributed by atoms with Gasteiger partial charge in [-0.05, 0) is 37.4 Å². The van der Waals surface area contributed by atoms with Gasteiger partial charge in [0.1, 0.15) is 5.75 Å². The van der Waals surface area contributed by atoms with Crippen molar-refractivity contribution in [1.29, 1.82) is 0 Å². The van der Waals surface area contributed by atoms with Gasteiger partial charge < -0.3 is 15.8 Å². The standard InChI is InChI=1S/C15H23N3O2/c1-11-4-3-7-18(9-11)10-15(19)17-14-6-5-12(20-2)8-13(14)16/h5-6,8,11H,3-4,7,9-10,16H2,1-2H3,(H,17,19). The van der Waals surface area contributed by atoms with Crippen molar-refractivity contribution in [3.63, 3.8) is 0 Å². The lowest BCUT2D eigenvalue weighted by Gasteiger charge is -2.30. The van der Waals surface area contributed by atoms with Crippen molar-refractivity contribution in [3.8, 4) is 5.75 Å². The van der Waals surface area contributed by atoms with Gasteiger partial charge in [-0.2, -0.15) is 0 Å². The highest BCUT2D eigenvalue weighted by Crippen LogP contribution is 2.24. The first kappa shape index (κ1) is 14.7. The summed E-state index contributed by atoms with van der Waals surface area (Å²) in [7, 11) is 1.59. The lowest BCUT2D eigenvalue weighted by molar-refractivity contribution is -0.117. The molecule has 1 aromatic rings. The summed E-state index contributed by atoms with van der Waals surface area (Å²) in [6.07, 6.45) is 2.42. The van der Waals surface area contributed by atoms with E-state index in [1.807, 2.05) is 0 Å². The van der Waals surface area contributed by atoms with Crippen molar-refractivity contribution in [3.05, 3.63) is 18.2 Å². The molecule has 5 nitrogen and oxygen atoms in total. The Morgan fingerprint density at radius 1 is 1.55 bits per heavy atom. The highest BCUT2D eigenvalue weighted by atomic mass is 16.5. The average Bonchev–Trinajstić information content (AvgIpc) is 2.41. The molecule has 2 rings (SSSR count). The van der Waals surface area contributed by atoms with Gasteiger partial charge in [-0.1, -0.05) is 6.92 Å². The van der Waals surface area contributed by atoms with Crippen LogP contribution in [0.25, 0.3) is 0 Å². The number of nitrogens with two attached hydrogens (primary N) is 1. The molecule has 1 aliphatic heterocycles. The van der Waals surface area contributed by atoms with Crippen molar-refractivity contribution in [1.82, 2.24) is 4.90 Å². The van der Waals surface area contributed by atoms with Gasteiger partial charge in [0.2, 0.25) is 5.91 Å². The second-order valence-corrected chi connectivity index (χ2v) is 5.48. The number of ether oxygens (including phenoxy) is 1. The summed E-state index contributed by atoms with van der Waals surface area (Å²) in [6.45, 7) is 4.64. The predicted octanol–water partition coefficient (Wildman–Crippen LogP) is 1.95.